The molecule has 0 fully saturated rings. The summed E-state index contributed by atoms with van der Waals surface area (Å²) >= 11 is 1.68. The minimum absolute atomic E-state index is 0.875. The lowest BCUT2D eigenvalue weighted by Crippen LogP contribution is -1.89. The predicted molar refractivity (Wildman–Crippen MR) is 63.2 cm³/mol. The molecule has 0 spiro atoms. The standard InChI is InChI=1S/C12H10N2S/c1-2-4-9(5-3-1)6-12-13-10-7-15-8-11(10)14-12/h1-5,7-8H,6H2,(H,13,14). The van der Waals surface area contributed by atoms with Crippen molar-refractivity contribution in [1.82, 2.24) is 9.97 Å². The zero-order chi connectivity index (χ0) is 10.1. The highest BCUT2D eigenvalue weighted by Crippen LogP contribution is 2.17. The molecule has 74 valence electrons. The van der Waals surface area contributed by atoms with Gasteiger partial charge in [0.1, 0.15) is 5.82 Å². The lowest BCUT2D eigenvalue weighted by molar-refractivity contribution is 1.04. The number of fused-ring (bicyclic) bond motifs is 1. The van der Waals surface area contributed by atoms with Crippen molar-refractivity contribution in [3.05, 3.63) is 52.5 Å². The van der Waals surface area contributed by atoms with E-state index in [-0.39, 0.29) is 0 Å². The van der Waals surface area contributed by atoms with Gasteiger partial charge in [-0.15, -0.1) is 11.3 Å². The van der Waals surface area contributed by atoms with Crippen LogP contribution >= 0.6 is 11.3 Å². The van der Waals surface area contributed by atoms with E-state index in [4.69, 9.17) is 0 Å². The van der Waals surface area contributed by atoms with Gasteiger partial charge < -0.3 is 4.98 Å². The van der Waals surface area contributed by atoms with Crippen molar-refractivity contribution in [2.24, 2.45) is 0 Å². The molecule has 1 aromatic carbocycles. The van der Waals surface area contributed by atoms with Gasteiger partial charge in [0.25, 0.3) is 0 Å². The second-order valence-electron chi connectivity index (χ2n) is 3.52. The Morgan fingerprint density at radius 3 is 2.80 bits per heavy atom. The molecular weight excluding hydrogens is 204 g/mol. The molecule has 3 rings (SSSR count). The first-order valence-corrected chi connectivity index (χ1v) is 5.81. The molecule has 0 saturated carbocycles. The molecular formula is C12H10N2S. The molecule has 0 aliphatic heterocycles. The maximum atomic E-state index is 4.52. The number of aromatic amines is 1. The van der Waals surface area contributed by atoms with E-state index in [1.165, 1.54) is 5.56 Å². The highest BCUT2D eigenvalue weighted by Gasteiger charge is 2.03. The molecule has 2 aromatic heterocycles. The van der Waals surface area contributed by atoms with E-state index in [1.807, 2.05) is 6.07 Å². The Balaban J connectivity index is 1.93. The Hall–Kier alpha value is -1.61. The average Bonchev–Trinajstić information content (AvgIpc) is 2.79. The summed E-state index contributed by atoms with van der Waals surface area (Å²) in [5, 5.41) is 4.16. The minimum Gasteiger partial charge on any atom is -0.341 e. The molecule has 0 aliphatic carbocycles. The molecule has 0 bridgehead atoms. The van der Waals surface area contributed by atoms with Crippen LogP contribution in [0.1, 0.15) is 11.4 Å². The minimum atomic E-state index is 0.875. The van der Waals surface area contributed by atoms with Crippen LogP contribution in [0.15, 0.2) is 41.1 Å². The van der Waals surface area contributed by atoms with Crippen LogP contribution in [-0.2, 0) is 6.42 Å². The second kappa shape index (κ2) is 3.51. The van der Waals surface area contributed by atoms with Crippen molar-refractivity contribution in [1.29, 1.82) is 0 Å². The van der Waals surface area contributed by atoms with E-state index in [0.717, 1.165) is 23.3 Å². The second-order valence-corrected chi connectivity index (χ2v) is 4.26. The third-order valence-electron chi connectivity index (χ3n) is 2.39. The summed E-state index contributed by atoms with van der Waals surface area (Å²) in [6.07, 6.45) is 0.875. The van der Waals surface area contributed by atoms with E-state index in [9.17, 15) is 0 Å². The van der Waals surface area contributed by atoms with E-state index >= 15 is 0 Å². The molecule has 2 heterocycles. The number of hydrogen-bond donors (Lipinski definition) is 1. The molecule has 1 N–H and O–H groups in total. The fraction of sp³-hybridized carbons (Fsp3) is 0.0833. The zero-order valence-corrected chi connectivity index (χ0v) is 8.92. The van der Waals surface area contributed by atoms with Gasteiger partial charge in [0.05, 0.1) is 11.0 Å². The molecule has 0 radical (unpaired) electrons. The van der Waals surface area contributed by atoms with Crippen molar-refractivity contribution in [3.8, 4) is 0 Å². The van der Waals surface area contributed by atoms with Gasteiger partial charge >= 0.3 is 0 Å². The van der Waals surface area contributed by atoms with Crippen LogP contribution in [0.4, 0.5) is 0 Å². The topological polar surface area (TPSA) is 28.7 Å². The Morgan fingerprint density at radius 1 is 1.13 bits per heavy atom. The summed E-state index contributed by atoms with van der Waals surface area (Å²) in [7, 11) is 0. The Bertz CT molecular complexity index is 537. The molecule has 3 heteroatoms. The first-order chi connectivity index (χ1) is 7.42. The largest absolute Gasteiger partial charge is 0.341 e. The van der Waals surface area contributed by atoms with Crippen molar-refractivity contribution in [2.45, 2.75) is 6.42 Å². The summed E-state index contributed by atoms with van der Waals surface area (Å²) in [6.45, 7) is 0. The van der Waals surface area contributed by atoms with Crippen LogP contribution in [0.5, 0.6) is 0 Å². The molecule has 0 saturated heterocycles. The molecule has 0 unspecified atom stereocenters. The Kier molecular flexibility index (Phi) is 2.03. The summed E-state index contributed by atoms with van der Waals surface area (Å²) in [5.41, 5.74) is 3.51. The number of H-pyrrole nitrogens is 1. The molecule has 2 nitrogen and oxygen atoms in total. The molecule has 3 aromatic rings. The van der Waals surface area contributed by atoms with Crippen LogP contribution in [0.2, 0.25) is 0 Å². The number of nitrogens with one attached hydrogen (secondary N) is 1. The Labute approximate surface area is 91.6 Å². The van der Waals surface area contributed by atoms with Gasteiger partial charge in [0.2, 0.25) is 0 Å². The summed E-state index contributed by atoms with van der Waals surface area (Å²) < 4.78 is 0. The first kappa shape index (κ1) is 8.68. The maximum absolute atomic E-state index is 4.52. The van der Waals surface area contributed by atoms with Gasteiger partial charge in [-0.2, -0.15) is 0 Å². The third-order valence-corrected chi connectivity index (χ3v) is 3.12. The third kappa shape index (κ3) is 1.66. The number of imidazole rings is 1. The maximum Gasteiger partial charge on any atom is 0.111 e. The lowest BCUT2D eigenvalue weighted by atomic mass is 10.1. The van der Waals surface area contributed by atoms with Crippen LogP contribution in [0.3, 0.4) is 0 Å². The summed E-state index contributed by atoms with van der Waals surface area (Å²) in [5.74, 6) is 1.04. The number of rotatable bonds is 2. The van der Waals surface area contributed by atoms with Crippen molar-refractivity contribution in [3.63, 3.8) is 0 Å². The highest BCUT2D eigenvalue weighted by molar-refractivity contribution is 7.09. The zero-order valence-electron chi connectivity index (χ0n) is 8.10. The van der Waals surface area contributed by atoms with Crippen LogP contribution < -0.4 is 0 Å². The van der Waals surface area contributed by atoms with Crippen LogP contribution in [0.25, 0.3) is 11.0 Å². The number of hydrogen-bond acceptors (Lipinski definition) is 2. The fourth-order valence-electron chi connectivity index (χ4n) is 1.67. The normalized spacial score (nSPS) is 10.9. The van der Waals surface area contributed by atoms with Gasteiger partial charge in [-0.3, -0.25) is 0 Å². The molecule has 0 atom stereocenters. The van der Waals surface area contributed by atoms with E-state index in [1.54, 1.807) is 11.3 Å². The summed E-state index contributed by atoms with van der Waals surface area (Å²) in [6, 6.07) is 10.4. The number of thiophene rings is 1. The highest BCUT2D eigenvalue weighted by atomic mass is 32.1. The lowest BCUT2D eigenvalue weighted by Gasteiger charge is -1.96. The van der Waals surface area contributed by atoms with Crippen molar-refractivity contribution >= 4 is 22.4 Å². The number of aromatic nitrogens is 2. The predicted octanol–water partition coefficient (Wildman–Crippen LogP) is 3.22. The first-order valence-electron chi connectivity index (χ1n) is 4.86. The van der Waals surface area contributed by atoms with Gasteiger partial charge in [-0.05, 0) is 5.56 Å². The quantitative estimate of drug-likeness (QED) is 0.697. The average molecular weight is 214 g/mol. The van der Waals surface area contributed by atoms with Crippen molar-refractivity contribution < 1.29 is 0 Å². The monoisotopic (exact) mass is 214 g/mol. The Morgan fingerprint density at radius 2 is 2.00 bits per heavy atom. The van der Waals surface area contributed by atoms with Gasteiger partial charge in [-0.1, -0.05) is 30.3 Å². The van der Waals surface area contributed by atoms with Gasteiger partial charge in [0, 0.05) is 17.2 Å². The van der Waals surface area contributed by atoms with E-state index < -0.39 is 0 Å². The van der Waals surface area contributed by atoms with E-state index in [2.05, 4.69) is 45.0 Å². The van der Waals surface area contributed by atoms with Crippen LogP contribution in [-0.4, -0.2) is 9.97 Å². The summed E-state index contributed by atoms with van der Waals surface area (Å²) in [4.78, 5) is 7.85. The van der Waals surface area contributed by atoms with Gasteiger partial charge in [-0.25, -0.2) is 4.98 Å². The van der Waals surface area contributed by atoms with E-state index in [0.29, 0.717) is 0 Å². The molecule has 15 heavy (non-hydrogen) atoms. The number of benzene rings is 1. The fourth-order valence-corrected chi connectivity index (χ4v) is 2.36. The SMILES string of the molecule is c1ccc(Cc2nc3cscc3[nH]2)cc1. The molecule has 0 aliphatic rings. The van der Waals surface area contributed by atoms with Crippen LogP contribution in [0, 0.1) is 0 Å². The van der Waals surface area contributed by atoms with Crippen molar-refractivity contribution in [2.75, 3.05) is 0 Å². The van der Waals surface area contributed by atoms with Gasteiger partial charge in [0.15, 0.2) is 0 Å². The molecule has 0 amide bonds. The number of nitrogens with zero attached hydrogens (tertiary/aromatic N) is 1. The smallest absolute Gasteiger partial charge is 0.111 e.